The van der Waals surface area contributed by atoms with Gasteiger partial charge in [-0.15, -0.1) is 0 Å². The van der Waals surface area contributed by atoms with E-state index in [1.165, 1.54) is 77.2 Å². The van der Waals surface area contributed by atoms with E-state index in [4.69, 9.17) is 0 Å². The lowest BCUT2D eigenvalue weighted by Gasteiger charge is -2.25. The summed E-state index contributed by atoms with van der Waals surface area (Å²) < 4.78 is 0. The molecule has 1 atom stereocenters. The highest BCUT2D eigenvalue weighted by Crippen LogP contribution is 2.28. The van der Waals surface area contributed by atoms with Gasteiger partial charge in [-0.25, -0.2) is 0 Å². The summed E-state index contributed by atoms with van der Waals surface area (Å²) in [5, 5.41) is 3.74. The van der Waals surface area contributed by atoms with Crippen molar-refractivity contribution in [3.63, 3.8) is 0 Å². The number of hydrogen-bond donors (Lipinski definition) is 1. The molecule has 0 aromatic heterocycles. The summed E-state index contributed by atoms with van der Waals surface area (Å²) in [6.07, 6.45) is 15.8. The summed E-state index contributed by atoms with van der Waals surface area (Å²) in [7, 11) is 0. The third kappa shape index (κ3) is 7.08. The molecule has 1 nitrogen and oxygen atoms in total. The molecule has 1 fully saturated rings. The molecule has 0 saturated heterocycles. The van der Waals surface area contributed by atoms with Gasteiger partial charge in [-0.3, -0.25) is 0 Å². The lowest BCUT2D eigenvalue weighted by Crippen LogP contribution is -2.30. The van der Waals surface area contributed by atoms with Crippen LogP contribution in [0.5, 0.6) is 0 Å². The Morgan fingerprint density at radius 1 is 1.00 bits per heavy atom. The fourth-order valence-electron chi connectivity index (χ4n) is 3.06. The number of nitrogens with one attached hydrogen (secondary N) is 1. The lowest BCUT2D eigenvalue weighted by molar-refractivity contribution is 0.307. The quantitative estimate of drug-likeness (QED) is 0.603. The van der Waals surface area contributed by atoms with Crippen LogP contribution in [0, 0.1) is 5.92 Å². The molecule has 1 unspecified atom stereocenters. The maximum Gasteiger partial charge on any atom is 0.00671 e. The summed E-state index contributed by atoms with van der Waals surface area (Å²) in [5.41, 5.74) is 0. The molecule has 0 radical (unpaired) electrons. The molecule has 0 heterocycles. The summed E-state index contributed by atoms with van der Waals surface area (Å²) in [4.78, 5) is 0. The van der Waals surface area contributed by atoms with Crippen LogP contribution in [0.1, 0.15) is 84.5 Å². The van der Waals surface area contributed by atoms with Crippen LogP contribution in [0.4, 0.5) is 0 Å². The Hall–Kier alpha value is -0.0400. The predicted octanol–water partition coefficient (Wildman–Crippen LogP) is 4.91. The van der Waals surface area contributed by atoms with Crippen LogP contribution in [0.15, 0.2) is 0 Å². The van der Waals surface area contributed by atoms with Gasteiger partial charge < -0.3 is 5.32 Å². The average Bonchev–Trinajstić information content (AvgIpc) is 2.39. The van der Waals surface area contributed by atoms with Crippen molar-refractivity contribution in [1.82, 2.24) is 5.32 Å². The fraction of sp³-hybridized carbons (Fsp3) is 1.00. The Kier molecular flexibility index (Phi) is 8.78. The Balaban J connectivity index is 2.16. The molecule has 1 heteroatoms. The molecule has 0 spiro atoms. The van der Waals surface area contributed by atoms with Crippen molar-refractivity contribution in [1.29, 1.82) is 0 Å². The molecule has 0 aromatic rings. The minimum Gasteiger partial charge on any atom is -0.314 e. The smallest absolute Gasteiger partial charge is 0.00671 e. The first kappa shape index (κ1) is 15.0. The van der Waals surface area contributed by atoms with Gasteiger partial charge in [0, 0.05) is 6.04 Å². The molecule has 1 aliphatic carbocycles. The van der Waals surface area contributed by atoms with E-state index in [1.807, 2.05) is 0 Å². The van der Waals surface area contributed by atoms with Gasteiger partial charge in [0.25, 0.3) is 0 Å². The maximum atomic E-state index is 3.74. The summed E-state index contributed by atoms with van der Waals surface area (Å²) >= 11 is 0. The molecule has 0 aliphatic heterocycles. The van der Waals surface area contributed by atoms with E-state index in [1.54, 1.807) is 0 Å². The van der Waals surface area contributed by atoms with Gasteiger partial charge in [-0.1, -0.05) is 58.8 Å². The molecule has 102 valence electrons. The Labute approximate surface area is 109 Å². The molecular formula is C16H33N. The zero-order chi connectivity index (χ0) is 12.3. The molecule has 17 heavy (non-hydrogen) atoms. The molecule has 0 bridgehead atoms. The SMILES string of the molecule is CCCCC(CCC1CCCCC1)NCCC. The minimum atomic E-state index is 0.803. The van der Waals surface area contributed by atoms with Crippen LogP contribution in [-0.2, 0) is 0 Å². The zero-order valence-electron chi connectivity index (χ0n) is 12.1. The normalized spacial score (nSPS) is 19.4. The first-order valence-electron chi connectivity index (χ1n) is 8.10. The van der Waals surface area contributed by atoms with E-state index in [2.05, 4.69) is 19.2 Å². The second-order valence-corrected chi connectivity index (χ2v) is 5.87. The van der Waals surface area contributed by atoms with Gasteiger partial charge in [0.15, 0.2) is 0 Å². The zero-order valence-corrected chi connectivity index (χ0v) is 12.1. The van der Waals surface area contributed by atoms with E-state index < -0.39 is 0 Å². The second-order valence-electron chi connectivity index (χ2n) is 5.87. The molecule has 1 aliphatic rings. The third-order valence-electron chi connectivity index (χ3n) is 4.24. The molecule has 0 amide bonds. The first-order chi connectivity index (χ1) is 8.36. The van der Waals surface area contributed by atoms with Crippen LogP contribution in [0.3, 0.4) is 0 Å². The molecule has 1 rings (SSSR count). The number of rotatable bonds is 9. The highest BCUT2D eigenvalue weighted by molar-refractivity contribution is 4.72. The predicted molar refractivity (Wildman–Crippen MR) is 77.4 cm³/mol. The largest absolute Gasteiger partial charge is 0.314 e. The van der Waals surface area contributed by atoms with Crippen molar-refractivity contribution < 1.29 is 0 Å². The van der Waals surface area contributed by atoms with Gasteiger partial charge in [-0.05, 0) is 38.1 Å². The van der Waals surface area contributed by atoms with Crippen LogP contribution in [-0.4, -0.2) is 12.6 Å². The first-order valence-corrected chi connectivity index (χ1v) is 8.10. The Bertz CT molecular complexity index is 153. The summed E-state index contributed by atoms with van der Waals surface area (Å²) in [5.74, 6) is 1.05. The third-order valence-corrected chi connectivity index (χ3v) is 4.24. The Morgan fingerprint density at radius 2 is 1.76 bits per heavy atom. The minimum absolute atomic E-state index is 0.803. The van der Waals surface area contributed by atoms with Crippen molar-refractivity contribution >= 4 is 0 Å². The maximum absolute atomic E-state index is 3.74. The number of unbranched alkanes of at least 4 members (excludes halogenated alkanes) is 1. The van der Waals surface area contributed by atoms with Crippen molar-refractivity contribution in [3.05, 3.63) is 0 Å². The van der Waals surface area contributed by atoms with E-state index in [9.17, 15) is 0 Å². The van der Waals surface area contributed by atoms with Gasteiger partial charge in [0.2, 0.25) is 0 Å². The molecule has 1 saturated carbocycles. The van der Waals surface area contributed by atoms with Crippen molar-refractivity contribution in [2.24, 2.45) is 5.92 Å². The van der Waals surface area contributed by atoms with Crippen LogP contribution < -0.4 is 5.32 Å². The van der Waals surface area contributed by atoms with Gasteiger partial charge in [0.05, 0.1) is 0 Å². The number of hydrogen-bond acceptors (Lipinski definition) is 1. The highest BCUT2D eigenvalue weighted by Gasteiger charge is 2.15. The van der Waals surface area contributed by atoms with Crippen molar-refractivity contribution in [2.45, 2.75) is 90.5 Å². The van der Waals surface area contributed by atoms with E-state index in [-0.39, 0.29) is 0 Å². The highest BCUT2D eigenvalue weighted by atomic mass is 14.9. The monoisotopic (exact) mass is 239 g/mol. The van der Waals surface area contributed by atoms with Crippen molar-refractivity contribution in [2.75, 3.05) is 6.54 Å². The van der Waals surface area contributed by atoms with Gasteiger partial charge in [0.1, 0.15) is 0 Å². The second kappa shape index (κ2) is 9.94. The average molecular weight is 239 g/mol. The summed E-state index contributed by atoms with van der Waals surface area (Å²) in [6, 6.07) is 0.803. The van der Waals surface area contributed by atoms with Gasteiger partial charge in [-0.2, -0.15) is 0 Å². The standard InChI is InChI=1S/C16H33N/c1-3-5-11-16(17-14-4-2)13-12-15-9-7-6-8-10-15/h15-17H,3-14H2,1-2H3. The van der Waals surface area contributed by atoms with E-state index in [0.29, 0.717) is 0 Å². The topological polar surface area (TPSA) is 12.0 Å². The summed E-state index contributed by atoms with van der Waals surface area (Å²) in [6.45, 7) is 5.78. The fourth-order valence-corrected chi connectivity index (χ4v) is 3.06. The van der Waals surface area contributed by atoms with Crippen LogP contribution >= 0.6 is 0 Å². The van der Waals surface area contributed by atoms with Gasteiger partial charge >= 0.3 is 0 Å². The van der Waals surface area contributed by atoms with Crippen molar-refractivity contribution in [3.8, 4) is 0 Å². The molecule has 0 aromatic carbocycles. The van der Waals surface area contributed by atoms with E-state index in [0.717, 1.165) is 12.0 Å². The van der Waals surface area contributed by atoms with E-state index >= 15 is 0 Å². The Morgan fingerprint density at radius 3 is 2.41 bits per heavy atom. The molecule has 1 N–H and O–H groups in total. The molecular weight excluding hydrogens is 206 g/mol. The van der Waals surface area contributed by atoms with Crippen LogP contribution in [0.25, 0.3) is 0 Å². The van der Waals surface area contributed by atoms with Crippen LogP contribution in [0.2, 0.25) is 0 Å². The lowest BCUT2D eigenvalue weighted by atomic mass is 9.85.